The summed E-state index contributed by atoms with van der Waals surface area (Å²) in [5.74, 6) is 1.12. The molecule has 6 rings (SSSR count). The summed E-state index contributed by atoms with van der Waals surface area (Å²) in [6, 6.07) is 8.71. The molecule has 1 fully saturated rings. The van der Waals surface area contributed by atoms with Crippen LogP contribution in [0, 0.1) is 0 Å². The molecule has 1 saturated heterocycles. The summed E-state index contributed by atoms with van der Waals surface area (Å²) in [4.78, 5) is 27.3. The zero-order valence-electron chi connectivity index (χ0n) is 20.7. The smallest absolute Gasteiger partial charge is 0.210 e. The van der Waals surface area contributed by atoms with Crippen LogP contribution in [0.4, 0.5) is 0 Å². The molecule has 1 amide bonds. The SMILES string of the molecule is CC(C)c1ncc(-c2cc3cccc(-c4nn(C5CCOCC5)c5c4CN(C=O)CC5)c3cn2)cn1. The second-order valence-corrected chi connectivity index (χ2v) is 9.97. The van der Waals surface area contributed by atoms with Gasteiger partial charge < -0.3 is 9.64 Å². The summed E-state index contributed by atoms with van der Waals surface area (Å²) in [5, 5.41) is 7.31. The molecule has 0 radical (unpaired) electrons. The van der Waals surface area contributed by atoms with Gasteiger partial charge >= 0.3 is 0 Å². The fourth-order valence-electron chi connectivity index (χ4n) is 5.31. The van der Waals surface area contributed by atoms with Crippen molar-refractivity contribution in [2.24, 2.45) is 0 Å². The Morgan fingerprint density at radius 1 is 1.08 bits per heavy atom. The third kappa shape index (κ3) is 4.05. The van der Waals surface area contributed by atoms with E-state index in [1.54, 1.807) is 0 Å². The van der Waals surface area contributed by atoms with E-state index in [0.29, 0.717) is 12.6 Å². The number of pyridine rings is 1. The molecular weight excluding hydrogens is 452 g/mol. The molecule has 0 saturated carbocycles. The van der Waals surface area contributed by atoms with Gasteiger partial charge in [0.1, 0.15) is 5.82 Å². The first-order valence-corrected chi connectivity index (χ1v) is 12.7. The predicted octanol–water partition coefficient (Wildman–Crippen LogP) is 4.54. The largest absolute Gasteiger partial charge is 0.381 e. The summed E-state index contributed by atoms with van der Waals surface area (Å²) in [7, 11) is 0. The summed E-state index contributed by atoms with van der Waals surface area (Å²) in [6.07, 6.45) is 9.31. The van der Waals surface area contributed by atoms with E-state index >= 15 is 0 Å². The Labute approximate surface area is 210 Å². The summed E-state index contributed by atoms with van der Waals surface area (Å²) in [6.45, 7) is 7.00. The van der Waals surface area contributed by atoms with Crippen molar-refractivity contribution in [2.45, 2.75) is 51.6 Å². The van der Waals surface area contributed by atoms with E-state index in [2.05, 4.69) is 52.8 Å². The highest BCUT2D eigenvalue weighted by Crippen LogP contribution is 2.37. The van der Waals surface area contributed by atoms with Crippen molar-refractivity contribution in [1.29, 1.82) is 0 Å². The van der Waals surface area contributed by atoms with Crippen LogP contribution >= 0.6 is 0 Å². The maximum absolute atomic E-state index is 11.6. The Bertz CT molecular complexity index is 1410. The van der Waals surface area contributed by atoms with Crippen molar-refractivity contribution in [1.82, 2.24) is 29.6 Å². The monoisotopic (exact) mass is 482 g/mol. The van der Waals surface area contributed by atoms with Crippen LogP contribution in [0.2, 0.25) is 0 Å². The van der Waals surface area contributed by atoms with Crippen LogP contribution in [-0.4, -0.2) is 55.8 Å². The van der Waals surface area contributed by atoms with E-state index < -0.39 is 0 Å². The zero-order chi connectivity index (χ0) is 24.6. The summed E-state index contributed by atoms with van der Waals surface area (Å²) in [5.41, 5.74) is 6.14. The van der Waals surface area contributed by atoms with E-state index in [4.69, 9.17) is 14.8 Å². The molecule has 4 aromatic rings. The van der Waals surface area contributed by atoms with Crippen LogP contribution in [0.15, 0.2) is 42.9 Å². The van der Waals surface area contributed by atoms with Gasteiger partial charge in [-0.1, -0.05) is 32.0 Å². The maximum Gasteiger partial charge on any atom is 0.210 e. The molecule has 2 aliphatic heterocycles. The Hall–Kier alpha value is -3.65. The van der Waals surface area contributed by atoms with Crippen molar-refractivity contribution >= 4 is 17.2 Å². The molecule has 36 heavy (non-hydrogen) atoms. The molecule has 0 unspecified atom stereocenters. The lowest BCUT2D eigenvalue weighted by molar-refractivity contribution is -0.118. The highest BCUT2D eigenvalue weighted by atomic mass is 16.5. The molecule has 0 atom stereocenters. The first-order valence-electron chi connectivity index (χ1n) is 12.7. The zero-order valence-corrected chi connectivity index (χ0v) is 20.7. The van der Waals surface area contributed by atoms with Gasteiger partial charge in [0.2, 0.25) is 6.41 Å². The van der Waals surface area contributed by atoms with Crippen LogP contribution in [-0.2, 0) is 22.5 Å². The van der Waals surface area contributed by atoms with E-state index in [1.165, 1.54) is 5.69 Å². The highest BCUT2D eigenvalue weighted by Gasteiger charge is 2.29. The van der Waals surface area contributed by atoms with Gasteiger partial charge in [0.15, 0.2) is 0 Å². The average molecular weight is 483 g/mol. The first-order chi connectivity index (χ1) is 17.6. The third-order valence-electron chi connectivity index (χ3n) is 7.31. The lowest BCUT2D eigenvalue weighted by Crippen LogP contribution is -2.31. The van der Waals surface area contributed by atoms with Gasteiger partial charge in [0, 0.05) is 85.0 Å². The number of carbonyl (C=O) groups excluding carboxylic acids is 1. The van der Waals surface area contributed by atoms with Gasteiger partial charge in [0.05, 0.1) is 17.4 Å². The fourth-order valence-corrected chi connectivity index (χ4v) is 5.31. The second kappa shape index (κ2) is 9.43. The number of benzene rings is 1. The maximum atomic E-state index is 11.6. The number of amides is 1. The molecule has 8 heteroatoms. The summed E-state index contributed by atoms with van der Waals surface area (Å²) >= 11 is 0. The van der Waals surface area contributed by atoms with Crippen molar-refractivity contribution in [2.75, 3.05) is 19.8 Å². The number of fused-ring (bicyclic) bond motifs is 2. The number of aromatic nitrogens is 5. The molecule has 0 N–H and O–H groups in total. The van der Waals surface area contributed by atoms with Crippen molar-refractivity contribution in [3.8, 4) is 22.5 Å². The standard InChI is InChI=1S/C28H30N6O2/c1-18(2)28-30-13-20(14-31-28)25-12-19-4-3-5-22(23(19)15-29-25)27-24-16-33(17-35)9-6-26(24)34(32-27)21-7-10-36-11-8-21/h3-5,12-15,17-18,21H,6-11,16H2,1-2H3. The Morgan fingerprint density at radius 3 is 2.64 bits per heavy atom. The molecule has 5 heterocycles. The first kappa shape index (κ1) is 22.8. The predicted molar refractivity (Wildman–Crippen MR) is 137 cm³/mol. The lowest BCUT2D eigenvalue weighted by Gasteiger charge is -2.28. The highest BCUT2D eigenvalue weighted by molar-refractivity contribution is 5.97. The molecule has 2 aliphatic rings. The quantitative estimate of drug-likeness (QED) is 0.388. The number of carbonyl (C=O) groups is 1. The molecule has 0 bridgehead atoms. The Kier molecular flexibility index (Phi) is 5.97. The topological polar surface area (TPSA) is 86.0 Å². The van der Waals surface area contributed by atoms with E-state index in [-0.39, 0.29) is 5.92 Å². The number of ether oxygens (including phenoxy) is 1. The lowest BCUT2D eigenvalue weighted by atomic mass is 9.97. The van der Waals surface area contributed by atoms with Crippen LogP contribution < -0.4 is 0 Å². The molecule has 0 spiro atoms. The molecule has 1 aromatic carbocycles. The fraction of sp³-hybridized carbons (Fsp3) is 0.393. The van der Waals surface area contributed by atoms with Crippen LogP contribution in [0.25, 0.3) is 33.3 Å². The van der Waals surface area contributed by atoms with Crippen LogP contribution in [0.1, 0.15) is 55.7 Å². The molecular formula is C28H30N6O2. The molecule has 8 nitrogen and oxygen atoms in total. The van der Waals surface area contributed by atoms with Gasteiger partial charge in [0.25, 0.3) is 0 Å². The molecule has 184 valence electrons. The van der Waals surface area contributed by atoms with Gasteiger partial charge in [-0.25, -0.2) is 9.97 Å². The molecule has 3 aromatic heterocycles. The minimum absolute atomic E-state index is 0.285. The van der Waals surface area contributed by atoms with E-state index in [1.807, 2.05) is 23.5 Å². The number of rotatable bonds is 5. The number of nitrogens with zero attached hydrogens (tertiary/aromatic N) is 6. The Morgan fingerprint density at radius 2 is 1.89 bits per heavy atom. The van der Waals surface area contributed by atoms with Crippen molar-refractivity contribution in [3.05, 3.63) is 59.9 Å². The van der Waals surface area contributed by atoms with E-state index in [9.17, 15) is 4.79 Å². The van der Waals surface area contributed by atoms with Gasteiger partial charge in [-0.15, -0.1) is 0 Å². The van der Waals surface area contributed by atoms with Gasteiger partial charge in [-0.3, -0.25) is 14.5 Å². The second-order valence-electron chi connectivity index (χ2n) is 9.97. The molecule has 0 aliphatic carbocycles. The van der Waals surface area contributed by atoms with Crippen molar-refractivity contribution < 1.29 is 9.53 Å². The summed E-state index contributed by atoms with van der Waals surface area (Å²) < 4.78 is 7.83. The van der Waals surface area contributed by atoms with E-state index in [0.717, 1.165) is 90.1 Å². The number of hydrogen-bond acceptors (Lipinski definition) is 6. The van der Waals surface area contributed by atoms with Crippen molar-refractivity contribution in [3.63, 3.8) is 0 Å². The van der Waals surface area contributed by atoms with Gasteiger partial charge in [-0.2, -0.15) is 5.10 Å². The number of hydrogen-bond donors (Lipinski definition) is 0. The third-order valence-corrected chi connectivity index (χ3v) is 7.31. The van der Waals surface area contributed by atoms with Crippen LogP contribution in [0.5, 0.6) is 0 Å². The van der Waals surface area contributed by atoms with Gasteiger partial charge in [-0.05, 0) is 24.3 Å². The minimum atomic E-state index is 0.285. The Balaban J connectivity index is 1.44. The average Bonchev–Trinajstić information content (AvgIpc) is 3.31. The minimum Gasteiger partial charge on any atom is -0.381 e. The normalized spacial score (nSPS) is 16.5. The van der Waals surface area contributed by atoms with Crippen LogP contribution in [0.3, 0.4) is 0 Å².